The largest absolute Gasteiger partial charge is 0.369 e. The molecular formula is C22H28N4O3. The van der Waals surface area contributed by atoms with Crippen LogP contribution in [0.3, 0.4) is 0 Å². The van der Waals surface area contributed by atoms with Crippen molar-refractivity contribution in [2.75, 3.05) is 37.6 Å². The van der Waals surface area contributed by atoms with Crippen molar-refractivity contribution in [1.29, 1.82) is 0 Å². The van der Waals surface area contributed by atoms with Crippen LogP contribution in [-0.2, 0) is 13.0 Å². The molecule has 154 valence electrons. The van der Waals surface area contributed by atoms with Crippen LogP contribution in [0.4, 0.5) is 11.4 Å². The number of carbonyl (C=O) groups excluding carboxylic acids is 1. The lowest BCUT2D eigenvalue weighted by molar-refractivity contribution is -0.384. The van der Waals surface area contributed by atoms with Gasteiger partial charge in [-0.2, -0.15) is 0 Å². The number of carbonyl (C=O) groups is 1. The third-order valence-corrected chi connectivity index (χ3v) is 6.12. The third-order valence-electron chi connectivity index (χ3n) is 6.12. The SMILES string of the molecule is O=C1CCCc2c1ccn2CCCCN1CCN(c2ccc([N+](=O)[O-])cc2)CC1. The maximum Gasteiger partial charge on any atom is 0.269 e. The number of nitrogens with zero attached hydrogens (tertiary/aromatic N) is 4. The lowest BCUT2D eigenvalue weighted by atomic mass is 9.97. The lowest BCUT2D eigenvalue weighted by Gasteiger charge is -2.36. The number of piperazine rings is 1. The van der Waals surface area contributed by atoms with Gasteiger partial charge in [0.1, 0.15) is 0 Å². The van der Waals surface area contributed by atoms with Crippen LogP contribution < -0.4 is 4.90 Å². The Morgan fingerprint density at radius 3 is 2.38 bits per heavy atom. The van der Waals surface area contributed by atoms with Gasteiger partial charge in [0.05, 0.1) is 4.92 Å². The van der Waals surface area contributed by atoms with Gasteiger partial charge in [-0.25, -0.2) is 0 Å². The van der Waals surface area contributed by atoms with Crippen LogP contribution in [0.5, 0.6) is 0 Å². The summed E-state index contributed by atoms with van der Waals surface area (Å²) in [5.41, 5.74) is 3.37. The summed E-state index contributed by atoms with van der Waals surface area (Å²) >= 11 is 0. The number of benzene rings is 1. The Bertz CT molecular complexity index is 867. The average molecular weight is 396 g/mol. The molecule has 0 atom stereocenters. The molecule has 0 unspecified atom stereocenters. The number of unbranched alkanes of at least 4 members (excludes halogenated alkanes) is 1. The minimum atomic E-state index is -0.358. The van der Waals surface area contributed by atoms with Crippen molar-refractivity contribution >= 4 is 17.2 Å². The van der Waals surface area contributed by atoms with E-state index in [0.29, 0.717) is 12.2 Å². The van der Waals surface area contributed by atoms with Crippen LogP contribution >= 0.6 is 0 Å². The number of non-ortho nitro benzene ring substituents is 1. The van der Waals surface area contributed by atoms with Gasteiger partial charge in [0.25, 0.3) is 5.69 Å². The number of Topliss-reactive ketones (excluding diaryl/α,β-unsaturated/α-hetero) is 1. The summed E-state index contributed by atoms with van der Waals surface area (Å²) < 4.78 is 2.28. The van der Waals surface area contributed by atoms with Crippen molar-refractivity contribution in [3.8, 4) is 0 Å². The average Bonchev–Trinajstić information content (AvgIpc) is 3.16. The molecule has 0 bridgehead atoms. The Morgan fingerprint density at radius 1 is 0.931 bits per heavy atom. The highest BCUT2D eigenvalue weighted by molar-refractivity contribution is 5.98. The van der Waals surface area contributed by atoms with Crippen LogP contribution in [0.1, 0.15) is 41.7 Å². The molecule has 2 aromatic rings. The van der Waals surface area contributed by atoms with Gasteiger partial charge in [0.15, 0.2) is 5.78 Å². The molecule has 7 heteroatoms. The number of hydrogen-bond acceptors (Lipinski definition) is 5. The van der Waals surface area contributed by atoms with E-state index in [-0.39, 0.29) is 10.6 Å². The fourth-order valence-electron chi connectivity index (χ4n) is 4.43. The Balaban J connectivity index is 1.19. The summed E-state index contributed by atoms with van der Waals surface area (Å²) in [6, 6.07) is 8.84. The van der Waals surface area contributed by atoms with E-state index in [4.69, 9.17) is 0 Å². The molecule has 4 rings (SSSR count). The number of rotatable bonds is 7. The number of aryl methyl sites for hydroxylation is 1. The zero-order valence-corrected chi connectivity index (χ0v) is 16.8. The molecule has 1 fully saturated rings. The maximum absolute atomic E-state index is 12.0. The summed E-state index contributed by atoms with van der Waals surface area (Å²) in [6.45, 7) is 6.02. The zero-order valence-electron chi connectivity index (χ0n) is 16.8. The fraction of sp³-hybridized carbons (Fsp3) is 0.500. The first-order chi connectivity index (χ1) is 14.1. The maximum atomic E-state index is 12.0. The molecule has 1 aromatic heterocycles. The van der Waals surface area contributed by atoms with E-state index >= 15 is 0 Å². The number of ketones is 1. The second-order valence-electron chi connectivity index (χ2n) is 7.96. The van der Waals surface area contributed by atoms with Crippen LogP contribution in [0, 0.1) is 10.1 Å². The Kier molecular flexibility index (Phi) is 5.94. The van der Waals surface area contributed by atoms with Crippen LogP contribution in [0.15, 0.2) is 36.5 Å². The highest BCUT2D eigenvalue weighted by Gasteiger charge is 2.20. The van der Waals surface area contributed by atoms with Crippen molar-refractivity contribution in [2.45, 2.75) is 38.6 Å². The summed E-state index contributed by atoms with van der Waals surface area (Å²) in [5, 5.41) is 10.8. The van der Waals surface area contributed by atoms with Crippen molar-refractivity contribution in [3.63, 3.8) is 0 Å². The summed E-state index contributed by atoms with van der Waals surface area (Å²) in [5.74, 6) is 0.302. The molecule has 0 N–H and O–H groups in total. The number of nitro benzene ring substituents is 1. The second kappa shape index (κ2) is 8.78. The van der Waals surface area contributed by atoms with Crippen molar-refractivity contribution in [2.24, 2.45) is 0 Å². The standard InChI is InChI=1S/C22H28N4O3/c27-22-5-3-4-21-20(22)10-13-25(21)12-2-1-11-23-14-16-24(17-15-23)18-6-8-19(9-7-18)26(28)29/h6-10,13H,1-5,11-12,14-17H2. The lowest BCUT2D eigenvalue weighted by Crippen LogP contribution is -2.46. The quantitative estimate of drug-likeness (QED) is 0.407. The summed E-state index contributed by atoms with van der Waals surface area (Å²) in [7, 11) is 0. The van der Waals surface area contributed by atoms with Crippen molar-refractivity contribution in [3.05, 3.63) is 57.9 Å². The zero-order chi connectivity index (χ0) is 20.2. The molecule has 1 aliphatic carbocycles. The van der Waals surface area contributed by atoms with Gasteiger partial charge in [-0.3, -0.25) is 19.8 Å². The molecule has 1 saturated heterocycles. The molecule has 1 aliphatic heterocycles. The van der Waals surface area contributed by atoms with Gasteiger partial charge in [-0.15, -0.1) is 0 Å². The molecule has 2 heterocycles. The number of anilines is 1. The molecule has 29 heavy (non-hydrogen) atoms. The molecule has 7 nitrogen and oxygen atoms in total. The van der Waals surface area contributed by atoms with E-state index in [1.807, 2.05) is 18.2 Å². The van der Waals surface area contributed by atoms with E-state index < -0.39 is 0 Å². The van der Waals surface area contributed by atoms with Gasteiger partial charge in [-0.05, 0) is 50.4 Å². The summed E-state index contributed by atoms with van der Waals surface area (Å²) in [6.07, 6.45) is 7.06. The van der Waals surface area contributed by atoms with E-state index in [1.165, 1.54) is 5.69 Å². The first kappa shape index (κ1) is 19.6. The first-order valence-corrected chi connectivity index (χ1v) is 10.5. The number of fused-ring (bicyclic) bond motifs is 1. The predicted octanol–water partition coefficient (Wildman–Crippen LogP) is 3.52. The molecule has 2 aliphatic rings. The Hall–Kier alpha value is -2.67. The molecule has 0 spiro atoms. The molecule has 1 aromatic carbocycles. The third kappa shape index (κ3) is 4.50. The number of hydrogen-bond donors (Lipinski definition) is 0. The van der Waals surface area contributed by atoms with Crippen LogP contribution in [0.25, 0.3) is 0 Å². The monoisotopic (exact) mass is 396 g/mol. The van der Waals surface area contributed by atoms with Gasteiger partial charge >= 0.3 is 0 Å². The van der Waals surface area contributed by atoms with E-state index in [1.54, 1.807) is 12.1 Å². The highest BCUT2D eigenvalue weighted by Crippen LogP contribution is 2.23. The molecular weight excluding hydrogens is 368 g/mol. The van der Waals surface area contributed by atoms with Gasteiger partial charge in [0, 0.05) is 74.4 Å². The van der Waals surface area contributed by atoms with E-state index in [0.717, 1.165) is 76.2 Å². The molecule has 0 amide bonds. The van der Waals surface area contributed by atoms with E-state index in [9.17, 15) is 14.9 Å². The Morgan fingerprint density at radius 2 is 1.66 bits per heavy atom. The summed E-state index contributed by atoms with van der Waals surface area (Å²) in [4.78, 5) is 27.2. The minimum Gasteiger partial charge on any atom is -0.369 e. The minimum absolute atomic E-state index is 0.140. The van der Waals surface area contributed by atoms with Gasteiger partial charge < -0.3 is 9.47 Å². The molecule has 0 radical (unpaired) electrons. The predicted molar refractivity (Wildman–Crippen MR) is 113 cm³/mol. The number of aromatic nitrogens is 1. The number of nitro groups is 1. The first-order valence-electron chi connectivity index (χ1n) is 10.5. The van der Waals surface area contributed by atoms with E-state index in [2.05, 4.69) is 20.6 Å². The van der Waals surface area contributed by atoms with Crippen LogP contribution in [-0.4, -0.2) is 52.9 Å². The van der Waals surface area contributed by atoms with Crippen LogP contribution in [0.2, 0.25) is 0 Å². The normalized spacial score (nSPS) is 17.4. The van der Waals surface area contributed by atoms with Gasteiger partial charge in [-0.1, -0.05) is 0 Å². The second-order valence-corrected chi connectivity index (χ2v) is 7.96. The van der Waals surface area contributed by atoms with Crippen molar-refractivity contribution in [1.82, 2.24) is 9.47 Å². The fourth-order valence-corrected chi connectivity index (χ4v) is 4.43. The Labute approximate surface area is 171 Å². The highest BCUT2D eigenvalue weighted by atomic mass is 16.6. The molecule has 0 saturated carbocycles. The van der Waals surface area contributed by atoms with Gasteiger partial charge in [0.2, 0.25) is 0 Å². The smallest absolute Gasteiger partial charge is 0.269 e. The van der Waals surface area contributed by atoms with Crippen molar-refractivity contribution < 1.29 is 9.72 Å². The topological polar surface area (TPSA) is 71.6 Å².